The highest BCUT2D eigenvalue weighted by Gasteiger charge is 2.41. The minimum atomic E-state index is -0.302. The Labute approximate surface area is 117 Å². The summed E-state index contributed by atoms with van der Waals surface area (Å²) >= 11 is 0. The number of nitrogens with zero attached hydrogens (tertiary/aromatic N) is 1. The molecule has 1 amide bonds. The number of halogens is 1. The second-order valence-electron chi connectivity index (χ2n) is 5.54. The largest absolute Gasteiger partial charge is 0.384 e. The maximum atomic E-state index is 12.6. The van der Waals surface area contributed by atoms with Crippen LogP contribution in [0.4, 0.5) is 0 Å². The van der Waals surface area contributed by atoms with Crippen LogP contribution in [-0.2, 0) is 9.53 Å². The fourth-order valence-corrected chi connectivity index (χ4v) is 2.64. The van der Waals surface area contributed by atoms with Crippen molar-refractivity contribution >= 4 is 18.3 Å². The average Bonchev–Trinajstić information content (AvgIpc) is 2.28. The van der Waals surface area contributed by atoms with Crippen molar-refractivity contribution in [1.29, 1.82) is 0 Å². The van der Waals surface area contributed by atoms with Gasteiger partial charge in [0.25, 0.3) is 0 Å². The van der Waals surface area contributed by atoms with Crippen molar-refractivity contribution < 1.29 is 9.53 Å². The molecule has 5 heteroatoms. The van der Waals surface area contributed by atoms with Crippen LogP contribution in [0.25, 0.3) is 0 Å². The molecule has 0 aliphatic carbocycles. The van der Waals surface area contributed by atoms with E-state index in [1.807, 2.05) is 11.9 Å². The third kappa shape index (κ3) is 4.41. The first kappa shape index (κ1) is 17.7. The van der Waals surface area contributed by atoms with Gasteiger partial charge >= 0.3 is 0 Å². The summed E-state index contributed by atoms with van der Waals surface area (Å²) < 4.78 is 5.29. The number of carbonyl (C=O) groups is 1. The van der Waals surface area contributed by atoms with Gasteiger partial charge in [-0.2, -0.15) is 0 Å². The van der Waals surface area contributed by atoms with Crippen molar-refractivity contribution in [3.05, 3.63) is 0 Å². The summed E-state index contributed by atoms with van der Waals surface area (Å²) in [7, 11) is 3.58. The predicted octanol–water partition coefficient (Wildman–Crippen LogP) is 1.54. The van der Waals surface area contributed by atoms with Gasteiger partial charge in [-0.15, -0.1) is 12.4 Å². The molecule has 1 aliphatic rings. The normalized spacial score (nSPS) is 18.3. The van der Waals surface area contributed by atoms with Crippen LogP contribution in [0.2, 0.25) is 0 Å². The van der Waals surface area contributed by atoms with Gasteiger partial charge in [-0.1, -0.05) is 13.8 Å². The van der Waals surface area contributed by atoms with E-state index in [1.54, 1.807) is 7.11 Å². The summed E-state index contributed by atoms with van der Waals surface area (Å²) in [5, 5.41) is 3.31. The Balaban J connectivity index is 0.00000289. The fraction of sp³-hybridized carbons (Fsp3) is 0.923. The Morgan fingerprint density at radius 2 is 1.94 bits per heavy atom. The molecule has 0 aromatic rings. The summed E-state index contributed by atoms with van der Waals surface area (Å²) in [5.74, 6) is 0.750. The molecule has 1 N–H and O–H groups in total. The molecule has 1 heterocycles. The van der Waals surface area contributed by atoms with Crippen molar-refractivity contribution in [2.45, 2.75) is 26.7 Å². The van der Waals surface area contributed by atoms with E-state index in [0.717, 1.165) is 32.5 Å². The molecule has 0 aromatic heterocycles. The van der Waals surface area contributed by atoms with Gasteiger partial charge in [0.2, 0.25) is 5.91 Å². The van der Waals surface area contributed by atoms with Gasteiger partial charge in [-0.25, -0.2) is 0 Å². The van der Waals surface area contributed by atoms with Gasteiger partial charge in [0.15, 0.2) is 0 Å². The van der Waals surface area contributed by atoms with E-state index in [0.29, 0.717) is 12.5 Å². The molecular weight excluding hydrogens is 252 g/mol. The lowest BCUT2D eigenvalue weighted by molar-refractivity contribution is -0.146. The minimum Gasteiger partial charge on any atom is -0.384 e. The quantitative estimate of drug-likeness (QED) is 0.829. The van der Waals surface area contributed by atoms with Crippen LogP contribution >= 0.6 is 12.4 Å². The summed E-state index contributed by atoms with van der Waals surface area (Å²) in [6, 6.07) is 0. The average molecular weight is 279 g/mol. The topological polar surface area (TPSA) is 41.6 Å². The third-order valence-electron chi connectivity index (χ3n) is 3.42. The zero-order chi connectivity index (χ0) is 12.9. The van der Waals surface area contributed by atoms with Crippen LogP contribution in [0.15, 0.2) is 0 Å². The van der Waals surface area contributed by atoms with Crippen LogP contribution in [-0.4, -0.2) is 51.2 Å². The first-order valence-electron chi connectivity index (χ1n) is 6.47. The highest BCUT2D eigenvalue weighted by atomic mass is 35.5. The summed E-state index contributed by atoms with van der Waals surface area (Å²) in [6.45, 7) is 7.44. The van der Waals surface area contributed by atoms with Gasteiger partial charge < -0.3 is 15.0 Å². The summed E-state index contributed by atoms with van der Waals surface area (Å²) in [5.41, 5.74) is -0.302. The lowest BCUT2D eigenvalue weighted by Gasteiger charge is -2.38. The molecule has 0 bridgehead atoms. The number of ether oxygens (including phenoxy) is 1. The van der Waals surface area contributed by atoms with Gasteiger partial charge in [0, 0.05) is 20.7 Å². The van der Waals surface area contributed by atoms with Crippen molar-refractivity contribution in [2.75, 3.05) is 40.4 Å². The van der Waals surface area contributed by atoms with Crippen molar-refractivity contribution in [2.24, 2.45) is 11.3 Å². The molecule has 1 aliphatic heterocycles. The van der Waals surface area contributed by atoms with Gasteiger partial charge in [0.1, 0.15) is 0 Å². The van der Waals surface area contributed by atoms with Crippen LogP contribution in [0, 0.1) is 11.3 Å². The Bertz CT molecular complexity index is 248. The molecule has 18 heavy (non-hydrogen) atoms. The number of amides is 1. The number of nitrogens with one attached hydrogen (secondary N) is 1. The molecule has 0 saturated carbocycles. The van der Waals surface area contributed by atoms with E-state index in [1.165, 1.54) is 0 Å². The van der Waals surface area contributed by atoms with Crippen LogP contribution in [0.3, 0.4) is 0 Å². The monoisotopic (exact) mass is 278 g/mol. The first-order chi connectivity index (χ1) is 8.02. The smallest absolute Gasteiger partial charge is 0.230 e. The molecule has 1 fully saturated rings. The number of carbonyl (C=O) groups excluding carboxylic acids is 1. The molecule has 4 nitrogen and oxygen atoms in total. The van der Waals surface area contributed by atoms with Crippen LogP contribution in [0.5, 0.6) is 0 Å². The molecule has 0 spiro atoms. The predicted molar refractivity (Wildman–Crippen MR) is 76.1 cm³/mol. The van der Waals surface area contributed by atoms with Crippen molar-refractivity contribution in [3.63, 3.8) is 0 Å². The van der Waals surface area contributed by atoms with E-state index in [9.17, 15) is 4.79 Å². The number of rotatable bonds is 5. The van der Waals surface area contributed by atoms with Crippen molar-refractivity contribution in [3.8, 4) is 0 Å². The molecule has 108 valence electrons. The summed E-state index contributed by atoms with van der Waals surface area (Å²) in [6.07, 6.45) is 1.75. The highest BCUT2D eigenvalue weighted by Crippen LogP contribution is 2.31. The number of piperidine rings is 1. The van der Waals surface area contributed by atoms with E-state index in [2.05, 4.69) is 19.2 Å². The Morgan fingerprint density at radius 3 is 2.39 bits per heavy atom. The minimum absolute atomic E-state index is 0. The Hall–Kier alpha value is -0.320. The standard InChI is InChI=1S/C13H26N2O2.ClH/c1-11(2)9-15(3)12(16)13(10-17-4)5-7-14-8-6-13;/h11,14H,5-10H2,1-4H3;1H. The molecule has 0 atom stereocenters. The molecule has 0 aromatic carbocycles. The number of hydrogen-bond acceptors (Lipinski definition) is 3. The fourth-order valence-electron chi connectivity index (χ4n) is 2.64. The maximum absolute atomic E-state index is 12.6. The van der Waals surface area contributed by atoms with E-state index in [4.69, 9.17) is 4.74 Å². The highest BCUT2D eigenvalue weighted by molar-refractivity contribution is 5.85. The Kier molecular flexibility index (Phi) is 7.83. The Morgan fingerprint density at radius 1 is 1.39 bits per heavy atom. The SMILES string of the molecule is COCC1(C(=O)N(C)CC(C)C)CCNCC1.Cl. The van der Waals surface area contributed by atoms with Crippen molar-refractivity contribution in [1.82, 2.24) is 10.2 Å². The zero-order valence-corrected chi connectivity index (χ0v) is 12.8. The number of methoxy groups -OCH3 is 1. The molecule has 1 rings (SSSR count). The lowest BCUT2D eigenvalue weighted by Crippen LogP contribution is -2.51. The second-order valence-corrected chi connectivity index (χ2v) is 5.54. The van der Waals surface area contributed by atoms with E-state index in [-0.39, 0.29) is 23.7 Å². The molecular formula is C13H27ClN2O2. The zero-order valence-electron chi connectivity index (χ0n) is 12.0. The molecule has 1 saturated heterocycles. The molecule has 0 radical (unpaired) electrons. The van der Waals surface area contributed by atoms with E-state index >= 15 is 0 Å². The number of hydrogen-bond donors (Lipinski definition) is 1. The van der Waals surface area contributed by atoms with Gasteiger partial charge in [-0.3, -0.25) is 4.79 Å². The van der Waals surface area contributed by atoms with Crippen LogP contribution < -0.4 is 5.32 Å². The van der Waals surface area contributed by atoms with Gasteiger partial charge in [0.05, 0.1) is 12.0 Å². The van der Waals surface area contributed by atoms with Gasteiger partial charge in [-0.05, 0) is 31.8 Å². The van der Waals surface area contributed by atoms with E-state index < -0.39 is 0 Å². The second kappa shape index (κ2) is 7.97. The maximum Gasteiger partial charge on any atom is 0.230 e. The summed E-state index contributed by atoms with van der Waals surface area (Å²) in [4.78, 5) is 14.4. The molecule has 0 unspecified atom stereocenters. The third-order valence-corrected chi connectivity index (χ3v) is 3.42. The lowest BCUT2D eigenvalue weighted by atomic mass is 9.78. The first-order valence-corrected chi connectivity index (χ1v) is 6.47. The van der Waals surface area contributed by atoms with Crippen LogP contribution in [0.1, 0.15) is 26.7 Å².